The monoisotopic (exact) mass is 537 g/mol. The molecule has 2 aliphatic rings. The molecule has 1 fully saturated rings. The Morgan fingerprint density at radius 1 is 1.11 bits per heavy atom. The third kappa shape index (κ3) is 5.48. The third-order valence-corrected chi connectivity index (χ3v) is 7.78. The zero-order chi connectivity index (χ0) is 25.9. The molecule has 1 unspecified atom stereocenters. The number of amides is 2. The van der Waals surface area contributed by atoms with Crippen molar-refractivity contribution in [3.63, 3.8) is 0 Å². The summed E-state index contributed by atoms with van der Waals surface area (Å²) in [4.78, 5) is 45.2. The Morgan fingerprint density at radius 3 is 2.63 bits per heavy atom. The molecular formula is C29H36ClN5O3. The fourth-order valence-corrected chi connectivity index (χ4v) is 5.70. The zero-order valence-electron chi connectivity index (χ0n) is 21.7. The van der Waals surface area contributed by atoms with Crippen molar-refractivity contribution >= 4 is 40.9 Å². The fourth-order valence-electron chi connectivity index (χ4n) is 5.70. The molecule has 0 aliphatic carbocycles. The van der Waals surface area contributed by atoms with Crippen LogP contribution in [0.1, 0.15) is 52.9 Å². The normalized spacial score (nSPS) is 17.3. The first kappa shape index (κ1) is 27.8. The number of aromatic amines is 1. The summed E-state index contributed by atoms with van der Waals surface area (Å²) < 4.78 is 0. The van der Waals surface area contributed by atoms with Crippen LogP contribution in [-0.2, 0) is 22.6 Å². The van der Waals surface area contributed by atoms with E-state index in [1.165, 1.54) is 0 Å². The molecule has 5 N–H and O–H groups in total. The first-order chi connectivity index (χ1) is 18.0. The molecule has 9 heteroatoms. The predicted octanol–water partition coefficient (Wildman–Crippen LogP) is 3.11. The smallest absolute Gasteiger partial charge is 0.251 e. The Kier molecular flexibility index (Phi) is 8.87. The number of halogens is 1. The fraction of sp³-hybridized carbons (Fsp3) is 0.414. The second-order valence-corrected chi connectivity index (χ2v) is 10.1. The van der Waals surface area contributed by atoms with E-state index in [4.69, 9.17) is 5.73 Å². The summed E-state index contributed by atoms with van der Waals surface area (Å²) >= 11 is 0. The highest BCUT2D eigenvalue weighted by atomic mass is 35.5. The van der Waals surface area contributed by atoms with Crippen molar-refractivity contribution in [2.45, 2.75) is 38.8 Å². The van der Waals surface area contributed by atoms with Crippen molar-refractivity contribution in [3.8, 4) is 0 Å². The Labute approximate surface area is 229 Å². The molecule has 2 atom stereocenters. The van der Waals surface area contributed by atoms with Crippen LogP contribution in [0.2, 0.25) is 0 Å². The molecule has 38 heavy (non-hydrogen) atoms. The molecule has 0 bridgehead atoms. The molecule has 1 aromatic heterocycles. The van der Waals surface area contributed by atoms with Crippen LogP contribution in [0.4, 0.5) is 0 Å². The lowest BCUT2D eigenvalue weighted by Gasteiger charge is -2.35. The maximum absolute atomic E-state index is 14.1. The van der Waals surface area contributed by atoms with E-state index in [1.54, 1.807) is 11.0 Å². The Hall–Kier alpha value is -3.20. The molecule has 0 radical (unpaired) electrons. The number of carbonyl (C=O) groups is 3. The van der Waals surface area contributed by atoms with E-state index < -0.39 is 12.0 Å². The predicted molar refractivity (Wildman–Crippen MR) is 150 cm³/mol. The van der Waals surface area contributed by atoms with Crippen LogP contribution in [0.15, 0.2) is 48.7 Å². The van der Waals surface area contributed by atoms with Gasteiger partial charge in [-0.25, -0.2) is 0 Å². The second-order valence-electron chi connectivity index (χ2n) is 10.1. The summed E-state index contributed by atoms with van der Waals surface area (Å²) in [6, 6.07) is 12.7. The van der Waals surface area contributed by atoms with E-state index in [0.29, 0.717) is 44.5 Å². The van der Waals surface area contributed by atoms with Crippen LogP contribution in [0, 0.1) is 11.8 Å². The summed E-state index contributed by atoms with van der Waals surface area (Å²) in [5, 5.41) is 7.07. The number of Topliss-reactive ketones (excluding diaryl/α,β-unsaturated/α-hetero) is 1. The lowest BCUT2D eigenvalue weighted by atomic mass is 9.79. The Balaban J connectivity index is 0.00000336. The molecule has 0 spiro atoms. The molecule has 2 aliphatic heterocycles. The van der Waals surface area contributed by atoms with Gasteiger partial charge < -0.3 is 26.3 Å². The van der Waals surface area contributed by atoms with Crippen LogP contribution in [0.3, 0.4) is 0 Å². The largest absolute Gasteiger partial charge is 0.361 e. The molecule has 8 nitrogen and oxygen atoms in total. The molecule has 3 aromatic rings. The average Bonchev–Trinajstić information content (AvgIpc) is 3.37. The quantitative estimate of drug-likeness (QED) is 0.345. The Bertz CT molecular complexity index is 1320. The number of H-pyrrole nitrogens is 1. The van der Waals surface area contributed by atoms with Crippen LogP contribution >= 0.6 is 12.4 Å². The third-order valence-electron chi connectivity index (χ3n) is 7.78. The maximum atomic E-state index is 14.1. The van der Waals surface area contributed by atoms with Gasteiger partial charge in [0, 0.05) is 48.2 Å². The molecule has 202 valence electrons. The van der Waals surface area contributed by atoms with Crippen molar-refractivity contribution < 1.29 is 14.4 Å². The number of hydrogen-bond acceptors (Lipinski definition) is 5. The van der Waals surface area contributed by atoms with E-state index in [9.17, 15) is 14.4 Å². The number of carbonyl (C=O) groups excluding carboxylic acids is 3. The van der Waals surface area contributed by atoms with Crippen molar-refractivity contribution in [2.75, 3.05) is 26.2 Å². The number of para-hydroxylation sites is 1. The summed E-state index contributed by atoms with van der Waals surface area (Å²) in [6.45, 7) is 4.89. The van der Waals surface area contributed by atoms with Gasteiger partial charge in [0.1, 0.15) is 11.7 Å². The summed E-state index contributed by atoms with van der Waals surface area (Å²) in [5.74, 6) is -1.48. The van der Waals surface area contributed by atoms with Gasteiger partial charge in [-0.2, -0.15) is 0 Å². The lowest BCUT2D eigenvalue weighted by Crippen LogP contribution is -2.48. The molecule has 2 amide bonds. The van der Waals surface area contributed by atoms with Crippen LogP contribution < -0.4 is 16.4 Å². The number of nitrogens with zero attached hydrogens (tertiary/aromatic N) is 1. The van der Waals surface area contributed by atoms with Gasteiger partial charge in [0.15, 0.2) is 0 Å². The number of piperidine rings is 1. The SMILES string of the molecule is CCNC(=O)c1ccc2c(c1)CCN(C(=O)[C@@H](C(=O)C1CCNCC1)C(N)c1c[nH]c3ccccc13)C2.Cl. The highest BCUT2D eigenvalue weighted by Crippen LogP contribution is 2.33. The number of fused-ring (bicyclic) bond motifs is 2. The minimum Gasteiger partial charge on any atom is -0.361 e. The summed E-state index contributed by atoms with van der Waals surface area (Å²) in [7, 11) is 0. The lowest BCUT2D eigenvalue weighted by molar-refractivity contribution is -0.145. The molecule has 1 saturated heterocycles. The summed E-state index contributed by atoms with van der Waals surface area (Å²) in [5.41, 5.74) is 11.2. The van der Waals surface area contributed by atoms with Gasteiger partial charge in [-0.3, -0.25) is 14.4 Å². The molecular weight excluding hydrogens is 502 g/mol. The van der Waals surface area contributed by atoms with Crippen LogP contribution in [-0.4, -0.2) is 53.7 Å². The van der Waals surface area contributed by atoms with Crippen LogP contribution in [0.25, 0.3) is 10.9 Å². The number of benzene rings is 2. The number of nitrogens with one attached hydrogen (secondary N) is 3. The van der Waals surface area contributed by atoms with Gasteiger partial charge in [-0.15, -0.1) is 12.4 Å². The van der Waals surface area contributed by atoms with Crippen molar-refractivity contribution in [1.82, 2.24) is 20.5 Å². The minimum atomic E-state index is -0.946. The van der Waals surface area contributed by atoms with Gasteiger partial charge in [0.05, 0.1) is 6.04 Å². The number of aromatic nitrogens is 1. The average molecular weight is 538 g/mol. The standard InChI is InChI=1S/C29H35N5O3.ClH/c1-2-32-28(36)20-7-8-21-17-34(14-11-19(21)15-20)29(37)25(27(35)18-9-12-31-13-10-18)26(30)23-16-33-24-6-4-3-5-22(23)24;/h3-8,15-16,18,25-26,31,33H,2,9-14,17,30H2,1H3,(H,32,36);1H/t25-,26?;/m1./s1. The van der Waals surface area contributed by atoms with Crippen molar-refractivity contribution in [1.29, 1.82) is 0 Å². The number of rotatable bonds is 7. The number of hydrogen-bond donors (Lipinski definition) is 4. The van der Waals surface area contributed by atoms with E-state index in [2.05, 4.69) is 15.6 Å². The first-order valence-corrected chi connectivity index (χ1v) is 13.2. The minimum absolute atomic E-state index is 0. The molecule has 3 heterocycles. The molecule has 5 rings (SSSR count). The van der Waals surface area contributed by atoms with Gasteiger partial charge >= 0.3 is 0 Å². The second kappa shape index (κ2) is 12.1. The van der Waals surface area contributed by atoms with E-state index in [0.717, 1.165) is 40.7 Å². The van der Waals surface area contributed by atoms with E-state index in [-0.39, 0.29) is 35.9 Å². The highest BCUT2D eigenvalue weighted by Gasteiger charge is 2.41. The summed E-state index contributed by atoms with van der Waals surface area (Å²) in [6.07, 6.45) is 3.90. The first-order valence-electron chi connectivity index (χ1n) is 13.2. The maximum Gasteiger partial charge on any atom is 0.251 e. The molecule has 0 saturated carbocycles. The topological polar surface area (TPSA) is 120 Å². The van der Waals surface area contributed by atoms with Gasteiger partial charge in [-0.1, -0.05) is 24.3 Å². The van der Waals surface area contributed by atoms with Gasteiger partial charge in [-0.05, 0) is 74.2 Å². The van der Waals surface area contributed by atoms with Gasteiger partial charge in [0.25, 0.3) is 5.91 Å². The highest BCUT2D eigenvalue weighted by molar-refractivity contribution is 6.04. The zero-order valence-corrected chi connectivity index (χ0v) is 22.5. The van der Waals surface area contributed by atoms with Gasteiger partial charge in [0.2, 0.25) is 5.91 Å². The van der Waals surface area contributed by atoms with Crippen LogP contribution in [0.5, 0.6) is 0 Å². The van der Waals surface area contributed by atoms with E-state index >= 15 is 0 Å². The van der Waals surface area contributed by atoms with Crippen molar-refractivity contribution in [3.05, 3.63) is 70.9 Å². The number of nitrogens with two attached hydrogens (primary N) is 1. The van der Waals surface area contributed by atoms with E-state index in [1.807, 2.05) is 49.5 Å². The van der Waals surface area contributed by atoms with Crippen molar-refractivity contribution in [2.24, 2.45) is 17.6 Å². The number of ketones is 1. The molecule has 2 aromatic carbocycles. The Morgan fingerprint density at radius 2 is 1.87 bits per heavy atom.